The highest BCUT2D eigenvalue weighted by molar-refractivity contribution is 5.93. The second-order valence-corrected chi connectivity index (χ2v) is 6.61. The summed E-state index contributed by atoms with van der Waals surface area (Å²) in [5.41, 5.74) is 1.40. The Hall–Kier alpha value is -2.90. The number of nitrogens with zero attached hydrogens (tertiary/aromatic N) is 3. The molecule has 130 valence electrons. The van der Waals surface area contributed by atoms with Crippen molar-refractivity contribution in [1.82, 2.24) is 19.7 Å². The predicted molar refractivity (Wildman–Crippen MR) is 87.4 cm³/mol. The minimum atomic E-state index is -1.08. The van der Waals surface area contributed by atoms with Crippen molar-refractivity contribution < 1.29 is 14.7 Å². The fraction of sp³-hybridized carbons (Fsp3) is 0.412. The van der Waals surface area contributed by atoms with E-state index in [1.165, 1.54) is 12.1 Å². The molecule has 0 atom stereocenters. The Bertz CT molecular complexity index is 910. The molecule has 2 aromatic rings. The minimum Gasteiger partial charge on any atom is -0.476 e. The van der Waals surface area contributed by atoms with Gasteiger partial charge in [0.1, 0.15) is 5.69 Å². The molecule has 8 nitrogen and oxygen atoms in total. The van der Waals surface area contributed by atoms with Crippen molar-refractivity contribution >= 4 is 11.9 Å². The van der Waals surface area contributed by atoms with Gasteiger partial charge in [-0.2, -0.15) is 5.10 Å². The lowest BCUT2D eigenvalue weighted by Crippen LogP contribution is -2.37. The van der Waals surface area contributed by atoms with E-state index in [1.807, 2.05) is 4.68 Å². The fourth-order valence-electron chi connectivity index (χ4n) is 3.27. The highest BCUT2D eigenvalue weighted by Gasteiger charge is 2.32. The third-order valence-corrected chi connectivity index (χ3v) is 4.75. The van der Waals surface area contributed by atoms with Crippen LogP contribution in [0.5, 0.6) is 0 Å². The van der Waals surface area contributed by atoms with Gasteiger partial charge in [-0.25, -0.2) is 4.79 Å². The first kappa shape index (κ1) is 15.6. The molecule has 4 rings (SSSR count). The Labute approximate surface area is 143 Å². The number of aromatic amines is 1. The summed E-state index contributed by atoms with van der Waals surface area (Å²) < 4.78 is 1.81. The van der Waals surface area contributed by atoms with Gasteiger partial charge in [0.05, 0.1) is 6.54 Å². The van der Waals surface area contributed by atoms with Crippen LogP contribution in [0.2, 0.25) is 0 Å². The van der Waals surface area contributed by atoms with E-state index in [9.17, 15) is 19.5 Å². The third kappa shape index (κ3) is 2.95. The molecule has 0 saturated heterocycles. The number of H-pyrrole nitrogens is 1. The van der Waals surface area contributed by atoms with Gasteiger partial charge in [0.25, 0.3) is 5.91 Å². The molecule has 0 unspecified atom stereocenters. The van der Waals surface area contributed by atoms with Crippen LogP contribution in [0.15, 0.2) is 23.0 Å². The van der Waals surface area contributed by atoms with Crippen LogP contribution in [0.4, 0.5) is 0 Å². The molecule has 1 fully saturated rings. The highest BCUT2D eigenvalue weighted by atomic mass is 16.4. The van der Waals surface area contributed by atoms with E-state index in [0.29, 0.717) is 24.4 Å². The molecule has 1 aliphatic carbocycles. The maximum absolute atomic E-state index is 12.6. The Kier molecular flexibility index (Phi) is 3.67. The van der Waals surface area contributed by atoms with E-state index in [2.05, 4.69) is 10.1 Å². The number of rotatable bonds is 4. The van der Waals surface area contributed by atoms with Crippen molar-refractivity contribution in [2.24, 2.45) is 5.92 Å². The summed E-state index contributed by atoms with van der Waals surface area (Å²) >= 11 is 0. The van der Waals surface area contributed by atoms with Gasteiger partial charge in [-0.1, -0.05) is 6.07 Å². The smallest absolute Gasteiger partial charge is 0.356 e. The number of hydrogen-bond acceptors (Lipinski definition) is 4. The molecule has 8 heteroatoms. The van der Waals surface area contributed by atoms with E-state index in [0.717, 1.165) is 25.1 Å². The van der Waals surface area contributed by atoms with Crippen LogP contribution in [0.25, 0.3) is 0 Å². The normalized spacial score (nSPS) is 16.6. The van der Waals surface area contributed by atoms with Gasteiger partial charge in [0.15, 0.2) is 5.69 Å². The van der Waals surface area contributed by atoms with Crippen LogP contribution in [-0.4, -0.2) is 43.2 Å². The van der Waals surface area contributed by atoms with Crippen LogP contribution in [-0.2, 0) is 19.5 Å². The van der Waals surface area contributed by atoms with Crippen LogP contribution in [0.1, 0.15) is 45.1 Å². The summed E-state index contributed by atoms with van der Waals surface area (Å²) in [6.45, 7) is 1.41. The largest absolute Gasteiger partial charge is 0.476 e. The molecule has 3 heterocycles. The molecule has 25 heavy (non-hydrogen) atoms. The average Bonchev–Trinajstić information content (AvgIpc) is 3.34. The number of carboxylic acid groups (broad SMARTS) is 1. The monoisotopic (exact) mass is 342 g/mol. The molecule has 0 aromatic carbocycles. The van der Waals surface area contributed by atoms with Crippen LogP contribution in [0.3, 0.4) is 0 Å². The summed E-state index contributed by atoms with van der Waals surface area (Å²) in [4.78, 5) is 39.7. The number of pyridine rings is 1. The predicted octanol–water partition coefficient (Wildman–Crippen LogP) is 0.878. The zero-order valence-electron chi connectivity index (χ0n) is 13.6. The second kappa shape index (κ2) is 5.87. The Morgan fingerprint density at radius 2 is 2.12 bits per heavy atom. The first-order valence-corrected chi connectivity index (χ1v) is 8.33. The lowest BCUT2D eigenvalue weighted by Gasteiger charge is -2.27. The van der Waals surface area contributed by atoms with Gasteiger partial charge in [-0.05, 0) is 24.8 Å². The average molecular weight is 342 g/mol. The number of amides is 1. The summed E-state index contributed by atoms with van der Waals surface area (Å²) in [5.74, 6) is -0.803. The van der Waals surface area contributed by atoms with Gasteiger partial charge in [0, 0.05) is 36.8 Å². The molecule has 2 N–H and O–H groups in total. The van der Waals surface area contributed by atoms with E-state index < -0.39 is 5.97 Å². The molecular weight excluding hydrogens is 324 g/mol. The summed E-state index contributed by atoms with van der Waals surface area (Å²) in [6.07, 6.45) is 2.87. The number of fused-ring (bicyclic) bond motifs is 1. The molecule has 1 saturated carbocycles. The van der Waals surface area contributed by atoms with Gasteiger partial charge in [-0.3, -0.25) is 14.3 Å². The summed E-state index contributed by atoms with van der Waals surface area (Å²) in [5, 5.41) is 13.7. The molecule has 1 aliphatic heterocycles. The second-order valence-electron chi connectivity index (χ2n) is 6.61. The molecule has 0 bridgehead atoms. The summed E-state index contributed by atoms with van der Waals surface area (Å²) in [6, 6.07) is 4.42. The Morgan fingerprint density at radius 1 is 1.32 bits per heavy atom. The lowest BCUT2D eigenvalue weighted by molar-refractivity contribution is 0.0673. The van der Waals surface area contributed by atoms with Gasteiger partial charge in [0.2, 0.25) is 5.56 Å². The van der Waals surface area contributed by atoms with Crippen molar-refractivity contribution in [3.63, 3.8) is 0 Å². The van der Waals surface area contributed by atoms with Gasteiger partial charge >= 0.3 is 5.97 Å². The van der Waals surface area contributed by atoms with Crippen LogP contribution in [0, 0.1) is 5.92 Å². The van der Waals surface area contributed by atoms with Crippen molar-refractivity contribution in [2.45, 2.75) is 32.4 Å². The molecule has 2 aromatic heterocycles. The number of nitrogens with one attached hydrogen (secondary N) is 1. The van der Waals surface area contributed by atoms with Crippen molar-refractivity contribution in [1.29, 1.82) is 0 Å². The fourth-order valence-corrected chi connectivity index (χ4v) is 3.27. The first-order valence-electron chi connectivity index (χ1n) is 8.33. The van der Waals surface area contributed by atoms with Crippen molar-refractivity contribution in [3.8, 4) is 0 Å². The number of aromatic carboxylic acids is 1. The van der Waals surface area contributed by atoms with E-state index >= 15 is 0 Å². The van der Waals surface area contributed by atoms with E-state index in [4.69, 9.17) is 0 Å². The standard InChI is InChI=1S/C17H18N4O4/c22-14-3-1-2-12(18-14)16(23)20-7-6-13-11(9-20)15(17(24)25)19-21(13)8-10-4-5-10/h1-3,10H,4-9H2,(H,18,22)(H,24,25). The topological polar surface area (TPSA) is 108 Å². The van der Waals surface area contributed by atoms with E-state index in [1.54, 1.807) is 11.0 Å². The quantitative estimate of drug-likeness (QED) is 0.857. The van der Waals surface area contributed by atoms with Crippen molar-refractivity contribution in [2.75, 3.05) is 6.54 Å². The maximum atomic E-state index is 12.6. The van der Waals surface area contributed by atoms with Crippen molar-refractivity contribution in [3.05, 3.63) is 51.2 Å². The van der Waals surface area contributed by atoms with Crippen LogP contribution >= 0.6 is 0 Å². The SMILES string of the molecule is O=C(O)c1nn(CC2CC2)c2c1CN(C(=O)c1cccc(=O)[nH]1)CC2. The third-order valence-electron chi connectivity index (χ3n) is 4.75. The number of carbonyl (C=O) groups is 2. The summed E-state index contributed by atoms with van der Waals surface area (Å²) in [7, 11) is 0. The zero-order valence-corrected chi connectivity index (χ0v) is 13.6. The number of aromatic nitrogens is 3. The molecule has 0 radical (unpaired) electrons. The molecule has 0 spiro atoms. The Morgan fingerprint density at radius 3 is 2.80 bits per heavy atom. The molecule has 1 amide bonds. The highest BCUT2D eigenvalue weighted by Crippen LogP contribution is 2.32. The van der Waals surface area contributed by atoms with E-state index in [-0.39, 0.29) is 29.4 Å². The lowest BCUT2D eigenvalue weighted by atomic mass is 10.0. The Balaban J connectivity index is 1.63. The van der Waals surface area contributed by atoms with Gasteiger partial charge in [-0.15, -0.1) is 0 Å². The number of carbonyl (C=O) groups excluding carboxylic acids is 1. The number of hydrogen-bond donors (Lipinski definition) is 2. The zero-order chi connectivity index (χ0) is 17.6. The van der Waals surface area contributed by atoms with Crippen LogP contribution < -0.4 is 5.56 Å². The molecular formula is C17H18N4O4. The molecule has 2 aliphatic rings. The minimum absolute atomic E-state index is 0.0229. The maximum Gasteiger partial charge on any atom is 0.356 e. The van der Waals surface area contributed by atoms with Gasteiger partial charge < -0.3 is 15.0 Å². The number of carboxylic acids is 1. The first-order chi connectivity index (χ1) is 12.0.